The van der Waals surface area contributed by atoms with Crippen LogP contribution in [0.15, 0.2) is 30.0 Å². The van der Waals surface area contributed by atoms with Gasteiger partial charge in [-0.1, -0.05) is 29.8 Å². The summed E-state index contributed by atoms with van der Waals surface area (Å²) in [4.78, 5) is 11.3. The molecule has 23 heavy (non-hydrogen) atoms. The average molecular weight is 345 g/mol. The molecule has 4 atom stereocenters. The highest BCUT2D eigenvalue weighted by Gasteiger charge is 2.38. The van der Waals surface area contributed by atoms with Crippen LogP contribution < -0.4 is 0 Å². The molecule has 0 aromatic heterocycles. The highest BCUT2D eigenvalue weighted by Crippen LogP contribution is 2.25. The van der Waals surface area contributed by atoms with E-state index < -0.39 is 42.9 Å². The molecule has 0 saturated carbocycles. The van der Waals surface area contributed by atoms with Gasteiger partial charge in [0.1, 0.15) is 12.2 Å². The van der Waals surface area contributed by atoms with E-state index >= 15 is 0 Å². The first-order valence-corrected chi connectivity index (χ1v) is 7.28. The quantitative estimate of drug-likeness (QED) is 0.457. The van der Waals surface area contributed by atoms with E-state index in [0.717, 1.165) is 0 Å². The first-order chi connectivity index (χ1) is 10.9. The summed E-state index contributed by atoms with van der Waals surface area (Å²) in [5.41, 5.74) is 0.446. The summed E-state index contributed by atoms with van der Waals surface area (Å²) in [7, 11) is 0. The van der Waals surface area contributed by atoms with Crippen LogP contribution in [0.2, 0.25) is 5.02 Å². The number of aliphatic hydroxyl groups is 3. The Labute approximate surface area is 137 Å². The van der Waals surface area contributed by atoms with Crippen LogP contribution in [0.5, 0.6) is 0 Å². The molecule has 0 spiro atoms. The van der Waals surface area contributed by atoms with Gasteiger partial charge in [0.05, 0.1) is 12.7 Å². The van der Waals surface area contributed by atoms with Crippen LogP contribution in [0.1, 0.15) is 12.0 Å². The Hall–Kier alpha value is -1.64. The zero-order chi connectivity index (χ0) is 17.0. The van der Waals surface area contributed by atoms with Crippen molar-refractivity contribution in [3.05, 3.63) is 40.6 Å². The third-order valence-electron chi connectivity index (χ3n) is 3.38. The fourth-order valence-corrected chi connectivity index (χ4v) is 2.35. The summed E-state index contributed by atoms with van der Waals surface area (Å²) in [5.74, 6) is -1.77. The fraction of sp³-hybridized carbons (Fsp3) is 0.400. The molecule has 1 heterocycles. The minimum absolute atomic E-state index is 0.134. The van der Waals surface area contributed by atoms with Gasteiger partial charge in [0, 0.05) is 11.4 Å². The number of carbonyl (C=O) groups is 1. The van der Waals surface area contributed by atoms with Crippen molar-refractivity contribution >= 4 is 23.6 Å². The lowest BCUT2D eigenvalue weighted by atomic mass is 10.0. The van der Waals surface area contributed by atoms with E-state index in [4.69, 9.17) is 26.2 Å². The highest BCUT2D eigenvalue weighted by molar-refractivity contribution is 6.32. The molecule has 4 N–H and O–H groups in total. The number of hydrogen-bond acceptors (Lipinski definition) is 6. The predicted octanol–water partition coefficient (Wildman–Crippen LogP) is 0.611. The lowest BCUT2D eigenvalue weighted by Gasteiger charge is -2.36. The molecule has 1 fully saturated rings. The van der Waals surface area contributed by atoms with Crippen molar-refractivity contribution in [1.29, 1.82) is 0 Å². The lowest BCUT2D eigenvalue weighted by Crippen LogP contribution is -2.50. The van der Waals surface area contributed by atoms with Crippen molar-refractivity contribution in [2.45, 2.75) is 31.0 Å². The summed E-state index contributed by atoms with van der Waals surface area (Å²) < 4.78 is 10.5. The number of hydrogen-bond donors (Lipinski definition) is 4. The second-order valence-electron chi connectivity index (χ2n) is 5.03. The maximum Gasteiger partial charge on any atom is 0.371 e. The third-order valence-corrected chi connectivity index (χ3v) is 3.72. The van der Waals surface area contributed by atoms with Gasteiger partial charge in [-0.15, -0.1) is 0 Å². The second-order valence-corrected chi connectivity index (χ2v) is 5.44. The molecule has 0 bridgehead atoms. The average Bonchev–Trinajstić information content (AvgIpc) is 2.51. The summed E-state index contributed by atoms with van der Waals surface area (Å²) in [5, 5.41) is 38.1. The topological polar surface area (TPSA) is 116 Å². The number of carboxylic acid groups (broad SMARTS) is 1. The van der Waals surface area contributed by atoms with Gasteiger partial charge < -0.3 is 29.9 Å². The number of aliphatic hydroxyl groups excluding tert-OH is 3. The van der Waals surface area contributed by atoms with Crippen LogP contribution in [0.4, 0.5) is 0 Å². The third kappa shape index (κ3) is 4.43. The van der Waals surface area contributed by atoms with E-state index in [1.807, 2.05) is 0 Å². The summed E-state index contributed by atoms with van der Waals surface area (Å²) >= 11 is 5.97. The monoisotopic (exact) mass is 344 g/mol. The van der Waals surface area contributed by atoms with E-state index in [2.05, 4.69) is 0 Å². The van der Waals surface area contributed by atoms with Crippen molar-refractivity contribution in [3.63, 3.8) is 0 Å². The summed E-state index contributed by atoms with van der Waals surface area (Å²) in [6.45, 7) is -0.533. The van der Waals surface area contributed by atoms with E-state index in [9.17, 15) is 20.1 Å². The first kappa shape index (κ1) is 17.7. The first-order valence-electron chi connectivity index (χ1n) is 6.91. The smallest absolute Gasteiger partial charge is 0.371 e. The van der Waals surface area contributed by atoms with Crippen LogP contribution >= 0.6 is 11.6 Å². The largest absolute Gasteiger partial charge is 0.475 e. The Kier molecular flexibility index (Phi) is 5.97. The molecule has 1 aliphatic heterocycles. The van der Waals surface area contributed by atoms with E-state index in [-0.39, 0.29) is 6.42 Å². The van der Waals surface area contributed by atoms with Gasteiger partial charge in [-0.05, 0) is 17.7 Å². The van der Waals surface area contributed by atoms with Gasteiger partial charge in [-0.2, -0.15) is 0 Å². The zero-order valence-corrected chi connectivity index (χ0v) is 12.8. The van der Waals surface area contributed by atoms with Gasteiger partial charge in [-0.3, -0.25) is 0 Å². The molecular formula is C15H17ClO7. The Morgan fingerprint density at radius 1 is 1.39 bits per heavy atom. The van der Waals surface area contributed by atoms with Gasteiger partial charge in [0.2, 0.25) is 12.0 Å². The van der Waals surface area contributed by atoms with Crippen molar-refractivity contribution in [2.24, 2.45) is 0 Å². The number of rotatable bonds is 5. The SMILES string of the molecule is O=C(O)C(=Cc1ccccc1Cl)OC1CC(O)C(O)C(CO)O1. The van der Waals surface area contributed by atoms with Crippen molar-refractivity contribution in [1.82, 2.24) is 0 Å². The summed E-state index contributed by atoms with van der Waals surface area (Å²) in [6.07, 6.45) is -3.53. The molecule has 4 unspecified atom stereocenters. The van der Waals surface area contributed by atoms with Gasteiger partial charge in [0.25, 0.3) is 0 Å². The second kappa shape index (κ2) is 7.76. The van der Waals surface area contributed by atoms with Gasteiger partial charge in [-0.25, -0.2) is 4.79 Å². The Morgan fingerprint density at radius 2 is 2.09 bits per heavy atom. The Morgan fingerprint density at radius 3 is 2.70 bits per heavy atom. The van der Waals surface area contributed by atoms with Gasteiger partial charge in [0.15, 0.2) is 0 Å². The van der Waals surface area contributed by atoms with Crippen molar-refractivity contribution in [2.75, 3.05) is 6.61 Å². The maximum atomic E-state index is 11.3. The molecule has 0 aliphatic carbocycles. The number of aliphatic carboxylic acids is 1. The zero-order valence-electron chi connectivity index (χ0n) is 12.0. The predicted molar refractivity (Wildman–Crippen MR) is 80.5 cm³/mol. The van der Waals surface area contributed by atoms with Crippen LogP contribution in [-0.4, -0.2) is 57.6 Å². The molecule has 7 nitrogen and oxygen atoms in total. The lowest BCUT2D eigenvalue weighted by molar-refractivity contribution is -0.246. The molecule has 1 aromatic carbocycles. The maximum absolute atomic E-state index is 11.3. The molecule has 126 valence electrons. The molecule has 0 amide bonds. The fourth-order valence-electron chi connectivity index (χ4n) is 2.16. The molecule has 1 saturated heterocycles. The molecule has 1 aromatic rings. The number of ether oxygens (including phenoxy) is 2. The standard InChI is InChI=1S/C15H17ClO7/c16-9-4-2-1-3-8(9)5-11(15(20)21)22-13-6-10(18)14(19)12(7-17)23-13/h1-5,10,12-14,17-19H,6-7H2,(H,20,21). The van der Waals surface area contributed by atoms with E-state index in [1.165, 1.54) is 6.08 Å². The van der Waals surface area contributed by atoms with Crippen LogP contribution in [-0.2, 0) is 14.3 Å². The van der Waals surface area contributed by atoms with Crippen LogP contribution in [0.25, 0.3) is 6.08 Å². The Balaban J connectivity index is 2.17. The normalized spacial score (nSPS) is 28.4. The van der Waals surface area contributed by atoms with Gasteiger partial charge >= 0.3 is 5.97 Å². The molecule has 2 rings (SSSR count). The molecule has 8 heteroatoms. The minimum Gasteiger partial charge on any atom is -0.475 e. The van der Waals surface area contributed by atoms with E-state index in [1.54, 1.807) is 24.3 Å². The Bertz CT molecular complexity index is 589. The van der Waals surface area contributed by atoms with Crippen molar-refractivity contribution in [3.8, 4) is 0 Å². The van der Waals surface area contributed by atoms with Crippen LogP contribution in [0.3, 0.4) is 0 Å². The number of carboxylic acids is 1. The summed E-state index contributed by atoms with van der Waals surface area (Å²) in [6, 6.07) is 6.61. The van der Waals surface area contributed by atoms with Crippen molar-refractivity contribution < 1.29 is 34.7 Å². The minimum atomic E-state index is -1.34. The number of halogens is 1. The molecule has 1 aliphatic rings. The molecular weight excluding hydrogens is 328 g/mol. The number of benzene rings is 1. The van der Waals surface area contributed by atoms with E-state index in [0.29, 0.717) is 10.6 Å². The van der Waals surface area contributed by atoms with Crippen LogP contribution in [0, 0.1) is 0 Å². The molecule has 0 radical (unpaired) electrons. The highest BCUT2D eigenvalue weighted by atomic mass is 35.5.